The highest BCUT2D eigenvalue weighted by Gasteiger charge is 2.47. The fraction of sp³-hybridized carbons (Fsp3) is 0.261. The minimum Gasteiger partial charge on any atom is -0.345 e. The topological polar surface area (TPSA) is 134 Å². The number of alkyl halides is 2. The van der Waals surface area contributed by atoms with Crippen LogP contribution in [0.15, 0.2) is 47.5 Å². The summed E-state index contributed by atoms with van der Waals surface area (Å²) in [4.78, 5) is 13.8. The monoisotopic (exact) mass is 543 g/mol. The Labute approximate surface area is 214 Å². The van der Waals surface area contributed by atoms with Gasteiger partial charge in [-0.05, 0) is 48.2 Å². The molecule has 0 saturated heterocycles. The number of nitrogens with one attached hydrogen (secondary N) is 1. The smallest absolute Gasteiger partial charge is 0.291 e. The maximum atomic E-state index is 13.3. The highest BCUT2D eigenvalue weighted by molar-refractivity contribution is 7.89. The molecule has 0 aliphatic heterocycles. The Kier molecular flexibility index (Phi) is 6.01. The van der Waals surface area contributed by atoms with Crippen LogP contribution in [0.4, 0.5) is 8.78 Å². The third kappa shape index (κ3) is 4.57. The van der Waals surface area contributed by atoms with Gasteiger partial charge in [0.05, 0.1) is 22.7 Å². The van der Waals surface area contributed by atoms with Crippen molar-refractivity contribution in [2.24, 2.45) is 0 Å². The van der Waals surface area contributed by atoms with Crippen molar-refractivity contribution in [1.29, 1.82) is 5.26 Å². The van der Waals surface area contributed by atoms with Gasteiger partial charge in [0.25, 0.3) is 12.3 Å². The standard InChI is InChI=1S/C23H19F2N7O3S2/c1-31(2)21(33)14-5-3-4-13(8-14)16-9-15(37(34,35)30-23(12-26)6-7-23)10-18-17(16)11-27-32(18)22-29-28-20(36-22)19(24)25/h3-5,8-11,19,30H,6-7H2,1-2H3. The molecule has 1 amide bonds. The first kappa shape index (κ1) is 24.9. The Hall–Kier alpha value is -3.80. The minimum atomic E-state index is -4.16. The molecule has 190 valence electrons. The van der Waals surface area contributed by atoms with Crippen LogP contribution >= 0.6 is 11.3 Å². The van der Waals surface area contributed by atoms with Crippen LogP contribution in [0.5, 0.6) is 0 Å². The van der Waals surface area contributed by atoms with Crippen molar-refractivity contribution in [3.63, 3.8) is 0 Å². The summed E-state index contributed by atoms with van der Waals surface area (Å²) in [5.41, 5.74) is 0.499. The number of carbonyl (C=O) groups is 1. The molecule has 2 heterocycles. The number of rotatable bonds is 7. The van der Waals surface area contributed by atoms with E-state index in [-0.39, 0.29) is 21.5 Å². The van der Waals surface area contributed by atoms with Gasteiger partial charge in [-0.2, -0.15) is 15.1 Å². The van der Waals surface area contributed by atoms with Gasteiger partial charge in [-0.3, -0.25) is 4.79 Å². The van der Waals surface area contributed by atoms with E-state index in [9.17, 15) is 27.3 Å². The summed E-state index contributed by atoms with van der Waals surface area (Å²) in [7, 11) is -0.916. The average Bonchev–Trinajstić information content (AvgIpc) is 3.26. The first-order chi connectivity index (χ1) is 17.5. The molecule has 0 spiro atoms. The van der Waals surface area contributed by atoms with Crippen LogP contribution in [0.2, 0.25) is 0 Å². The molecule has 2 aromatic carbocycles. The van der Waals surface area contributed by atoms with Gasteiger partial charge in [0.15, 0.2) is 5.01 Å². The number of fused-ring (bicyclic) bond motifs is 1. The SMILES string of the molecule is CN(C)C(=O)c1cccc(-c2cc(S(=O)(=O)NC3(C#N)CC3)cc3c2cnn3-c2nnc(C(F)F)s2)c1. The van der Waals surface area contributed by atoms with Crippen molar-refractivity contribution < 1.29 is 22.0 Å². The van der Waals surface area contributed by atoms with Crippen LogP contribution in [0.1, 0.15) is 34.6 Å². The van der Waals surface area contributed by atoms with Crippen molar-refractivity contribution in [3.8, 4) is 22.3 Å². The lowest BCUT2D eigenvalue weighted by Gasteiger charge is -2.14. The van der Waals surface area contributed by atoms with Gasteiger partial charge in [-0.15, -0.1) is 10.2 Å². The first-order valence-corrected chi connectivity index (χ1v) is 13.2. The second-order valence-electron chi connectivity index (χ2n) is 8.76. The van der Waals surface area contributed by atoms with Crippen molar-refractivity contribution in [2.45, 2.75) is 29.7 Å². The molecular formula is C23H19F2N7O3S2. The number of hydrogen-bond donors (Lipinski definition) is 1. The van der Waals surface area contributed by atoms with Crippen LogP contribution < -0.4 is 4.72 Å². The van der Waals surface area contributed by atoms with E-state index < -0.39 is 27.0 Å². The minimum absolute atomic E-state index is 0.0333. The lowest BCUT2D eigenvalue weighted by atomic mass is 9.99. The fourth-order valence-corrected chi connectivity index (χ4v) is 5.90. The molecule has 0 bridgehead atoms. The third-order valence-corrected chi connectivity index (χ3v) is 8.31. The van der Waals surface area contributed by atoms with Gasteiger partial charge in [0.2, 0.25) is 15.2 Å². The number of aromatic nitrogens is 4. The zero-order valence-electron chi connectivity index (χ0n) is 19.5. The number of sulfonamides is 1. The molecule has 4 aromatic rings. The molecule has 1 N–H and O–H groups in total. The normalized spacial score (nSPS) is 14.6. The Bertz CT molecular complexity index is 1690. The van der Waals surface area contributed by atoms with Crippen LogP contribution in [0.25, 0.3) is 27.2 Å². The van der Waals surface area contributed by atoms with Gasteiger partial charge in [0.1, 0.15) is 5.54 Å². The van der Waals surface area contributed by atoms with Gasteiger partial charge in [-0.25, -0.2) is 21.9 Å². The molecule has 37 heavy (non-hydrogen) atoms. The molecule has 1 fully saturated rings. The first-order valence-electron chi connectivity index (χ1n) is 10.9. The predicted octanol–water partition coefficient (Wildman–Crippen LogP) is 3.52. The van der Waals surface area contributed by atoms with E-state index in [1.165, 1.54) is 27.9 Å². The number of nitrogens with zero attached hydrogens (tertiary/aromatic N) is 6. The van der Waals surface area contributed by atoms with Crippen molar-refractivity contribution in [1.82, 2.24) is 29.6 Å². The maximum absolute atomic E-state index is 13.3. The number of nitriles is 1. The second kappa shape index (κ2) is 8.94. The molecular weight excluding hydrogens is 524 g/mol. The van der Waals surface area contributed by atoms with E-state index in [2.05, 4.69) is 20.0 Å². The zero-order valence-corrected chi connectivity index (χ0v) is 21.1. The summed E-state index contributed by atoms with van der Waals surface area (Å²) < 4.78 is 56.6. The third-order valence-electron chi connectivity index (χ3n) is 5.89. The highest BCUT2D eigenvalue weighted by Crippen LogP contribution is 2.38. The van der Waals surface area contributed by atoms with E-state index in [4.69, 9.17) is 0 Å². The highest BCUT2D eigenvalue weighted by atomic mass is 32.2. The van der Waals surface area contributed by atoms with Crippen LogP contribution in [-0.2, 0) is 10.0 Å². The molecule has 1 saturated carbocycles. The van der Waals surface area contributed by atoms with Crippen molar-refractivity contribution in [2.75, 3.05) is 14.1 Å². The lowest BCUT2D eigenvalue weighted by molar-refractivity contribution is 0.0827. The average molecular weight is 544 g/mol. The summed E-state index contributed by atoms with van der Waals surface area (Å²) in [5, 5.41) is 21.0. The van der Waals surface area contributed by atoms with Gasteiger partial charge in [-0.1, -0.05) is 23.5 Å². The number of carbonyl (C=O) groups excluding carboxylic acids is 1. The predicted molar refractivity (Wildman–Crippen MR) is 131 cm³/mol. The Balaban J connectivity index is 1.72. The van der Waals surface area contributed by atoms with E-state index in [1.807, 2.05) is 6.07 Å². The van der Waals surface area contributed by atoms with E-state index in [0.29, 0.717) is 46.3 Å². The fourth-order valence-electron chi connectivity index (χ4n) is 3.80. The van der Waals surface area contributed by atoms with E-state index in [0.717, 1.165) is 0 Å². The van der Waals surface area contributed by atoms with Crippen molar-refractivity contribution >= 4 is 38.2 Å². The Morgan fingerprint density at radius 1 is 1.24 bits per heavy atom. The molecule has 10 nitrogen and oxygen atoms in total. The number of hydrogen-bond acceptors (Lipinski definition) is 8. The zero-order chi connectivity index (χ0) is 26.5. The summed E-state index contributed by atoms with van der Waals surface area (Å²) in [6.45, 7) is 0. The van der Waals surface area contributed by atoms with Gasteiger partial charge < -0.3 is 4.90 Å². The maximum Gasteiger partial charge on any atom is 0.291 e. The second-order valence-corrected chi connectivity index (χ2v) is 11.4. The Morgan fingerprint density at radius 2 is 2.00 bits per heavy atom. The molecule has 2 aromatic heterocycles. The molecule has 1 aliphatic carbocycles. The van der Waals surface area contributed by atoms with Crippen molar-refractivity contribution in [3.05, 3.63) is 53.2 Å². The largest absolute Gasteiger partial charge is 0.345 e. The summed E-state index contributed by atoms with van der Waals surface area (Å²) in [5.74, 6) is -0.239. The summed E-state index contributed by atoms with van der Waals surface area (Å²) in [6, 6.07) is 11.5. The Morgan fingerprint density at radius 3 is 2.62 bits per heavy atom. The molecule has 14 heteroatoms. The summed E-state index contributed by atoms with van der Waals surface area (Å²) >= 11 is 0.632. The van der Waals surface area contributed by atoms with Crippen LogP contribution in [0, 0.1) is 11.3 Å². The lowest BCUT2D eigenvalue weighted by Crippen LogP contribution is -2.35. The van der Waals surface area contributed by atoms with E-state index in [1.54, 1.807) is 38.4 Å². The van der Waals surface area contributed by atoms with Crippen LogP contribution in [0.3, 0.4) is 0 Å². The number of halogens is 2. The number of amides is 1. The quantitative estimate of drug-likeness (QED) is 0.377. The molecule has 1 aliphatic rings. The molecule has 5 rings (SSSR count). The summed E-state index contributed by atoms with van der Waals surface area (Å²) in [6.07, 6.45) is -0.561. The van der Waals surface area contributed by atoms with E-state index >= 15 is 0 Å². The van der Waals surface area contributed by atoms with Gasteiger partial charge >= 0.3 is 0 Å². The molecule has 0 atom stereocenters. The molecule has 0 radical (unpaired) electrons. The van der Waals surface area contributed by atoms with Crippen LogP contribution in [-0.4, -0.2) is 58.8 Å². The molecule has 0 unspecified atom stereocenters. The number of benzene rings is 2. The van der Waals surface area contributed by atoms with Gasteiger partial charge in [0, 0.05) is 25.0 Å².